The highest BCUT2D eigenvalue weighted by atomic mass is 32.1. The van der Waals surface area contributed by atoms with E-state index < -0.39 is 0 Å². The third-order valence-electron chi connectivity index (χ3n) is 5.67. The maximum atomic E-state index is 12.9. The molecule has 2 fully saturated rings. The lowest BCUT2D eigenvalue weighted by molar-refractivity contribution is 0.0641. The van der Waals surface area contributed by atoms with Crippen LogP contribution in [0, 0.1) is 5.92 Å². The van der Waals surface area contributed by atoms with Crippen molar-refractivity contribution in [2.75, 3.05) is 50.7 Å². The average Bonchev–Trinajstić information content (AvgIpc) is 3.14. The van der Waals surface area contributed by atoms with E-state index in [0.717, 1.165) is 56.6 Å². The molecule has 2 aliphatic rings. The Morgan fingerprint density at radius 1 is 1.19 bits per heavy atom. The lowest BCUT2D eigenvalue weighted by atomic mass is 10.00. The SMILES string of the molecule is CCN1CCN(C(=O)c2cnc3sc(N4CCC(C)CC4)nn3c2=O)CC1. The Balaban J connectivity index is 1.57. The predicted octanol–water partition coefficient (Wildman–Crippen LogP) is 1.17. The Morgan fingerprint density at radius 2 is 1.89 bits per heavy atom. The summed E-state index contributed by atoms with van der Waals surface area (Å²) in [7, 11) is 0. The third-order valence-corrected chi connectivity index (χ3v) is 6.65. The number of amides is 1. The zero-order valence-corrected chi connectivity index (χ0v) is 16.7. The van der Waals surface area contributed by atoms with E-state index in [9.17, 15) is 9.59 Å². The van der Waals surface area contributed by atoms with Crippen molar-refractivity contribution >= 4 is 27.3 Å². The number of anilines is 1. The van der Waals surface area contributed by atoms with Gasteiger partial charge in [-0.1, -0.05) is 25.2 Å². The van der Waals surface area contributed by atoms with E-state index in [1.807, 2.05) is 0 Å². The number of piperazine rings is 1. The quantitative estimate of drug-likeness (QED) is 0.783. The molecule has 1 amide bonds. The molecule has 0 atom stereocenters. The van der Waals surface area contributed by atoms with Crippen molar-refractivity contribution in [1.29, 1.82) is 0 Å². The molecule has 4 rings (SSSR count). The average molecular weight is 391 g/mol. The van der Waals surface area contributed by atoms with Crippen LogP contribution in [0.4, 0.5) is 5.13 Å². The van der Waals surface area contributed by atoms with E-state index in [1.165, 1.54) is 22.0 Å². The van der Waals surface area contributed by atoms with Crippen LogP contribution in [0.15, 0.2) is 11.0 Å². The largest absolute Gasteiger partial charge is 0.347 e. The topological polar surface area (TPSA) is 74.1 Å². The second-order valence-corrected chi connectivity index (χ2v) is 8.39. The Bertz CT molecular complexity index is 878. The van der Waals surface area contributed by atoms with Gasteiger partial charge in [0.25, 0.3) is 11.5 Å². The number of piperidine rings is 1. The zero-order chi connectivity index (χ0) is 19.0. The third kappa shape index (κ3) is 3.58. The maximum absolute atomic E-state index is 12.9. The van der Waals surface area contributed by atoms with Gasteiger partial charge in [-0.3, -0.25) is 9.59 Å². The molecule has 2 saturated heterocycles. The van der Waals surface area contributed by atoms with Gasteiger partial charge in [0.05, 0.1) is 0 Å². The Labute approximate surface area is 162 Å². The summed E-state index contributed by atoms with van der Waals surface area (Å²) < 4.78 is 1.30. The first-order valence-electron chi connectivity index (χ1n) is 9.72. The summed E-state index contributed by atoms with van der Waals surface area (Å²) in [5.74, 6) is 0.493. The highest BCUT2D eigenvalue weighted by Gasteiger charge is 2.26. The molecule has 0 bridgehead atoms. The molecule has 2 aromatic rings. The molecule has 0 radical (unpaired) electrons. The van der Waals surface area contributed by atoms with Gasteiger partial charge in [0.2, 0.25) is 10.1 Å². The fraction of sp³-hybridized carbons (Fsp3) is 0.667. The molecular formula is C18H26N6O2S. The number of rotatable bonds is 3. The van der Waals surface area contributed by atoms with Gasteiger partial charge < -0.3 is 14.7 Å². The molecule has 0 aliphatic carbocycles. The molecule has 0 aromatic carbocycles. The van der Waals surface area contributed by atoms with E-state index in [4.69, 9.17) is 0 Å². The van der Waals surface area contributed by atoms with Crippen LogP contribution in [0.5, 0.6) is 0 Å². The molecule has 0 spiro atoms. The summed E-state index contributed by atoms with van der Waals surface area (Å²) in [4.78, 5) is 36.8. The fourth-order valence-corrected chi connectivity index (χ4v) is 4.60. The van der Waals surface area contributed by atoms with E-state index in [0.29, 0.717) is 18.1 Å². The Kier molecular flexibility index (Phi) is 5.14. The first-order chi connectivity index (χ1) is 13.1. The molecule has 9 heteroatoms. The fourth-order valence-electron chi connectivity index (χ4n) is 3.69. The smallest absolute Gasteiger partial charge is 0.288 e. The molecule has 0 N–H and O–H groups in total. The lowest BCUT2D eigenvalue weighted by Crippen LogP contribution is -2.49. The van der Waals surface area contributed by atoms with Gasteiger partial charge in [-0.25, -0.2) is 4.98 Å². The standard InChI is InChI=1S/C18H26N6O2S/c1-3-21-8-10-22(11-9-21)15(25)14-12-19-17-24(16(14)26)20-18(27-17)23-6-4-13(2)5-7-23/h12-13H,3-11H2,1-2H3. The Hall–Kier alpha value is -2.00. The van der Waals surface area contributed by atoms with Crippen molar-refractivity contribution in [3.05, 3.63) is 22.1 Å². The van der Waals surface area contributed by atoms with Gasteiger partial charge in [0.15, 0.2) is 0 Å². The second kappa shape index (κ2) is 7.55. The number of hydrogen-bond acceptors (Lipinski definition) is 7. The van der Waals surface area contributed by atoms with Crippen molar-refractivity contribution in [1.82, 2.24) is 24.4 Å². The minimum Gasteiger partial charge on any atom is -0.347 e. The highest BCUT2D eigenvalue weighted by molar-refractivity contribution is 7.20. The first kappa shape index (κ1) is 18.4. The number of aromatic nitrogens is 3. The molecule has 2 aliphatic heterocycles. The summed E-state index contributed by atoms with van der Waals surface area (Å²) >= 11 is 1.41. The number of nitrogens with zero attached hydrogens (tertiary/aromatic N) is 6. The van der Waals surface area contributed by atoms with Crippen molar-refractivity contribution in [3.63, 3.8) is 0 Å². The van der Waals surface area contributed by atoms with Crippen molar-refractivity contribution in [2.24, 2.45) is 5.92 Å². The summed E-state index contributed by atoms with van der Waals surface area (Å²) in [6.45, 7) is 10.2. The molecular weight excluding hydrogens is 364 g/mol. The minimum atomic E-state index is -0.365. The molecule has 2 aromatic heterocycles. The highest BCUT2D eigenvalue weighted by Crippen LogP contribution is 2.26. The van der Waals surface area contributed by atoms with Crippen LogP contribution in [-0.2, 0) is 0 Å². The molecule has 0 saturated carbocycles. The van der Waals surface area contributed by atoms with Crippen molar-refractivity contribution in [2.45, 2.75) is 26.7 Å². The van der Waals surface area contributed by atoms with Crippen LogP contribution in [0.25, 0.3) is 4.96 Å². The molecule has 146 valence electrons. The first-order valence-corrected chi connectivity index (χ1v) is 10.5. The number of likely N-dealkylation sites (N-methyl/N-ethyl adjacent to an activating group) is 1. The van der Waals surface area contributed by atoms with Crippen LogP contribution < -0.4 is 10.5 Å². The van der Waals surface area contributed by atoms with Crippen molar-refractivity contribution < 1.29 is 4.79 Å². The number of carbonyl (C=O) groups excluding carboxylic acids is 1. The van der Waals surface area contributed by atoms with E-state index >= 15 is 0 Å². The maximum Gasteiger partial charge on any atom is 0.288 e. The lowest BCUT2D eigenvalue weighted by Gasteiger charge is -2.33. The summed E-state index contributed by atoms with van der Waals surface area (Å²) in [5, 5.41) is 5.29. The summed E-state index contributed by atoms with van der Waals surface area (Å²) in [6.07, 6.45) is 3.68. The number of fused-ring (bicyclic) bond motifs is 1. The van der Waals surface area contributed by atoms with Gasteiger partial charge in [-0.2, -0.15) is 4.52 Å². The Morgan fingerprint density at radius 3 is 2.56 bits per heavy atom. The second-order valence-electron chi connectivity index (χ2n) is 7.45. The predicted molar refractivity (Wildman–Crippen MR) is 106 cm³/mol. The molecule has 0 unspecified atom stereocenters. The minimum absolute atomic E-state index is 0.113. The molecule has 4 heterocycles. The van der Waals surface area contributed by atoms with Gasteiger partial charge in [-0.05, 0) is 25.3 Å². The molecule has 8 nitrogen and oxygen atoms in total. The number of carbonyl (C=O) groups is 1. The van der Waals surface area contributed by atoms with E-state index in [1.54, 1.807) is 4.90 Å². The van der Waals surface area contributed by atoms with Crippen LogP contribution in [0.3, 0.4) is 0 Å². The van der Waals surface area contributed by atoms with Crippen LogP contribution in [0.1, 0.15) is 37.0 Å². The van der Waals surface area contributed by atoms with E-state index in [2.05, 4.69) is 33.7 Å². The van der Waals surface area contributed by atoms with Crippen LogP contribution in [0.2, 0.25) is 0 Å². The van der Waals surface area contributed by atoms with Crippen LogP contribution >= 0.6 is 11.3 Å². The zero-order valence-electron chi connectivity index (χ0n) is 15.9. The monoisotopic (exact) mass is 390 g/mol. The number of hydrogen-bond donors (Lipinski definition) is 0. The van der Waals surface area contributed by atoms with Gasteiger partial charge >= 0.3 is 0 Å². The van der Waals surface area contributed by atoms with Gasteiger partial charge in [-0.15, -0.1) is 5.10 Å². The summed E-state index contributed by atoms with van der Waals surface area (Å²) in [6, 6.07) is 0. The normalized spacial score (nSPS) is 19.8. The van der Waals surface area contributed by atoms with Crippen LogP contribution in [-0.4, -0.2) is 76.1 Å². The summed E-state index contributed by atoms with van der Waals surface area (Å²) in [5.41, 5.74) is -0.252. The molecule has 27 heavy (non-hydrogen) atoms. The van der Waals surface area contributed by atoms with Crippen molar-refractivity contribution in [3.8, 4) is 0 Å². The van der Waals surface area contributed by atoms with E-state index in [-0.39, 0.29) is 17.0 Å². The van der Waals surface area contributed by atoms with Gasteiger partial charge in [0.1, 0.15) is 5.56 Å². The van der Waals surface area contributed by atoms with Gasteiger partial charge in [0, 0.05) is 45.5 Å².